The second-order valence-corrected chi connectivity index (χ2v) is 5.48. The molecule has 1 aliphatic heterocycles. The zero-order chi connectivity index (χ0) is 17.8. The summed E-state index contributed by atoms with van der Waals surface area (Å²) in [6.07, 6.45) is 0. The standard InChI is InChI=1S/C16H17N3O6/c1-10-17-15(25-18-10)13-8-23-6-5-19(13)16(22)11-3-2-4-12(7-11)24-9-14(20)21/h2-4,7,13H,5-6,8-9H2,1H3,(H,20,21). The quantitative estimate of drug-likeness (QED) is 0.853. The summed E-state index contributed by atoms with van der Waals surface area (Å²) in [5.41, 5.74) is 0.381. The topological polar surface area (TPSA) is 115 Å². The number of hydrogen-bond acceptors (Lipinski definition) is 7. The maximum atomic E-state index is 12.9. The molecule has 132 valence electrons. The monoisotopic (exact) mass is 347 g/mol. The number of aromatic nitrogens is 2. The molecule has 9 heteroatoms. The van der Waals surface area contributed by atoms with Gasteiger partial charge in [-0.2, -0.15) is 4.98 Å². The van der Waals surface area contributed by atoms with Gasteiger partial charge in [0.05, 0.1) is 13.2 Å². The van der Waals surface area contributed by atoms with Gasteiger partial charge in [0.25, 0.3) is 11.8 Å². The van der Waals surface area contributed by atoms with E-state index in [2.05, 4.69) is 10.1 Å². The van der Waals surface area contributed by atoms with E-state index in [0.717, 1.165) is 0 Å². The molecule has 0 saturated carbocycles. The fraction of sp³-hybridized carbons (Fsp3) is 0.375. The Bertz CT molecular complexity index is 775. The first kappa shape index (κ1) is 16.9. The fourth-order valence-corrected chi connectivity index (χ4v) is 2.53. The summed E-state index contributed by atoms with van der Waals surface area (Å²) in [6.45, 7) is 2.28. The van der Waals surface area contributed by atoms with E-state index in [4.69, 9.17) is 19.1 Å². The summed E-state index contributed by atoms with van der Waals surface area (Å²) in [7, 11) is 0. The van der Waals surface area contributed by atoms with Crippen LogP contribution in [0, 0.1) is 6.92 Å². The number of carboxylic acids is 1. The van der Waals surface area contributed by atoms with Crippen LogP contribution in [0.3, 0.4) is 0 Å². The van der Waals surface area contributed by atoms with Crippen LogP contribution in [0.4, 0.5) is 0 Å². The summed E-state index contributed by atoms with van der Waals surface area (Å²) >= 11 is 0. The maximum Gasteiger partial charge on any atom is 0.341 e. The van der Waals surface area contributed by atoms with Gasteiger partial charge in [0, 0.05) is 12.1 Å². The third-order valence-electron chi connectivity index (χ3n) is 3.66. The lowest BCUT2D eigenvalue weighted by Crippen LogP contribution is -2.43. The van der Waals surface area contributed by atoms with Crippen molar-refractivity contribution in [2.75, 3.05) is 26.4 Å². The third kappa shape index (κ3) is 3.94. The Morgan fingerprint density at radius 1 is 1.44 bits per heavy atom. The highest BCUT2D eigenvalue weighted by atomic mass is 16.5. The van der Waals surface area contributed by atoms with Crippen molar-refractivity contribution in [1.82, 2.24) is 15.0 Å². The number of rotatable bonds is 5. The lowest BCUT2D eigenvalue weighted by atomic mass is 10.1. The van der Waals surface area contributed by atoms with E-state index >= 15 is 0 Å². The minimum atomic E-state index is -1.09. The molecule has 1 aromatic heterocycles. The molecule has 3 rings (SSSR count). The van der Waals surface area contributed by atoms with Gasteiger partial charge in [-0.15, -0.1) is 0 Å². The smallest absolute Gasteiger partial charge is 0.341 e. The molecule has 0 aliphatic carbocycles. The van der Waals surface area contributed by atoms with Gasteiger partial charge in [0.15, 0.2) is 12.4 Å². The molecule has 0 radical (unpaired) electrons. The number of amides is 1. The molecule has 0 bridgehead atoms. The van der Waals surface area contributed by atoms with Crippen LogP contribution in [-0.4, -0.2) is 58.4 Å². The predicted octanol–water partition coefficient (Wildman–Crippen LogP) is 1.06. The molecule has 1 saturated heterocycles. The molecule has 25 heavy (non-hydrogen) atoms. The van der Waals surface area contributed by atoms with Crippen molar-refractivity contribution in [3.05, 3.63) is 41.5 Å². The second-order valence-electron chi connectivity index (χ2n) is 5.48. The van der Waals surface area contributed by atoms with Crippen LogP contribution in [-0.2, 0) is 9.53 Å². The third-order valence-corrected chi connectivity index (χ3v) is 3.66. The van der Waals surface area contributed by atoms with Crippen LogP contribution in [0.1, 0.15) is 28.1 Å². The van der Waals surface area contributed by atoms with Gasteiger partial charge in [-0.25, -0.2) is 4.79 Å². The molecule has 1 aromatic carbocycles. The normalized spacial score (nSPS) is 17.3. The largest absolute Gasteiger partial charge is 0.482 e. The Balaban J connectivity index is 1.80. The van der Waals surface area contributed by atoms with E-state index in [1.54, 1.807) is 30.0 Å². The van der Waals surface area contributed by atoms with Crippen molar-refractivity contribution >= 4 is 11.9 Å². The molecule has 1 atom stereocenters. The first-order chi connectivity index (χ1) is 12.0. The second kappa shape index (κ2) is 7.31. The first-order valence-electron chi connectivity index (χ1n) is 7.68. The van der Waals surface area contributed by atoms with Crippen molar-refractivity contribution in [3.63, 3.8) is 0 Å². The van der Waals surface area contributed by atoms with Gasteiger partial charge in [-0.3, -0.25) is 4.79 Å². The van der Waals surface area contributed by atoms with Crippen LogP contribution in [0.15, 0.2) is 28.8 Å². The van der Waals surface area contributed by atoms with E-state index in [1.807, 2.05) is 0 Å². The number of nitrogens with zero attached hydrogens (tertiary/aromatic N) is 3. The molecule has 1 aliphatic rings. The molecule has 1 unspecified atom stereocenters. The Hall–Kier alpha value is -2.94. The molecule has 1 N–H and O–H groups in total. The Labute approximate surface area is 143 Å². The van der Waals surface area contributed by atoms with Crippen molar-refractivity contribution in [1.29, 1.82) is 0 Å². The molecule has 9 nitrogen and oxygen atoms in total. The van der Waals surface area contributed by atoms with Gasteiger partial charge in [0.1, 0.15) is 11.8 Å². The van der Waals surface area contributed by atoms with E-state index < -0.39 is 18.6 Å². The Kier molecular flexibility index (Phi) is 4.94. The number of carbonyl (C=O) groups is 2. The SMILES string of the molecule is Cc1noc(C2COCCN2C(=O)c2cccc(OCC(=O)O)c2)n1. The van der Waals surface area contributed by atoms with Gasteiger partial charge in [0.2, 0.25) is 0 Å². The molecular weight excluding hydrogens is 330 g/mol. The van der Waals surface area contributed by atoms with E-state index in [9.17, 15) is 9.59 Å². The highest BCUT2D eigenvalue weighted by molar-refractivity contribution is 5.95. The summed E-state index contributed by atoms with van der Waals surface area (Å²) in [6, 6.07) is 5.92. The van der Waals surface area contributed by atoms with Crippen molar-refractivity contribution in [2.24, 2.45) is 0 Å². The summed E-state index contributed by atoms with van der Waals surface area (Å²) in [5, 5.41) is 12.4. The van der Waals surface area contributed by atoms with Crippen molar-refractivity contribution in [3.8, 4) is 5.75 Å². The fourth-order valence-electron chi connectivity index (χ4n) is 2.53. The lowest BCUT2D eigenvalue weighted by molar-refractivity contribution is -0.139. The molecular formula is C16H17N3O6. The number of aliphatic carboxylic acids is 1. The predicted molar refractivity (Wildman–Crippen MR) is 83.2 cm³/mol. The summed E-state index contributed by atoms with van der Waals surface area (Å²) in [4.78, 5) is 29.3. The number of morpholine rings is 1. The van der Waals surface area contributed by atoms with Crippen LogP contribution in [0.5, 0.6) is 5.75 Å². The van der Waals surface area contributed by atoms with E-state index in [-0.39, 0.29) is 12.5 Å². The van der Waals surface area contributed by atoms with Gasteiger partial charge >= 0.3 is 5.97 Å². The molecule has 2 heterocycles. The van der Waals surface area contributed by atoms with E-state index in [0.29, 0.717) is 36.2 Å². The number of carbonyl (C=O) groups excluding carboxylic acids is 1. The van der Waals surface area contributed by atoms with Crippen LogP contribution >= 0.6 is 0 Å². The molecule has 2 aromatic rings. The number of aryl methyl sites for hydroxylation is 1. The minimum absolute atomic E-state index is 0.245. The Morgan fingerprint density at radius 3 is 3.00 bits per heavy atom. The number of hydrogen-bond donors (Lipinski definition) is 1. The zero-order valence-electron chi connectivity index (χ0n) is 13.5. The van der Waals surface area contributed by atoms with E-state index in [1.165, 1.54) is 6.07 Å². The average molecular weight is 347 g/mol. The van der Waals surface area contributed by atoms with Crippen LogP contribution < -0.4 is 4.74 Å². The van der Waals surface area contributed by atoms with Crippen molar-refractivity contribution < 1.29 is 28.7 Å². The minimum Gasteiger partial charge on any atom is -0.482 e. The van der Waals surface area contributed by atoms with Gasteiger partial charge in [-0.05, 0) is 25.1 Å². The summed E-state index contributed by atoms with van der Waals surface area (Å²) < 4.78 is 15.7. The van der Waals surface area contributed by atoms with Crippen LogP contribution in [0.2, 0.25) is 0 Å². The summed E-state index contributed by atoms with van der Waals surface area (Å²) in [5.74, 6) is -0.214. The maximum absolute atomic E-state index is 12.9. The average Bonchev–Trinajstić information content (AvgIpc) is 3.06. The molecule has 1 fully saturated rings. The van der Waals surface area contributed by atoms with Gasteiger partial charge < -0.3 is 24.0 Å². The number of benzene rings is 1. The Morgan fingerprint density at radius 2 is 2.28 bits per heavy atom. The van der Waals surface area contributed by atoms with Crippen molar-refractivity contribution in [2.45, 2.75) is 13.0 Å². The number of ether oxygens (including phenoxy) is 2. The van der Waals surface area contributed by atoms with Crippen LogP contribution in [0.25, 0.3) is 0 Å². The number of carboxylic acid groups (broad SMARTS) is 1. The molecule has 0 spiro atoms. The molecule has 1 amide bonds. The first-order valence-corrected chi connectivity index (χ1v) is 7.68. The highest BCUT2D eigenvalue weighted by Crippen LogP contribution is 2.25. The lowest BCUT2D eigenvalue weighted by Gasteiger charge is -2.33. The van der Waals surface area contributed by atoms with Gasteiger partial charge in [-0.1, -0.05) is 11.2 Å². The zero-order valence-corrected chi connectivity index (χ0v) is 13.5. The highest BCUT2D eigenvalue weighted by Gasteiger charge is 2.33.